The zero-order chi connectivity index (χ0) is 14.0. The molecule has 0 bridgehead atoms. The van der Waals surface area contributed by atoms with E-state index in [4.69, 9.17) is 4.74 Å². The molecule has 1 heterocycles. The zero-order valence-corrected chi connectivity index (χ0v) is 12.2. The Morgan fingerprint density at radius 2 is 1.95 bits per heavy atom. The lowest BCUT2D eigenvalue weighted by Gasteiger charge is -2.12. The van der Waals surface area contributed by atoms with Gasteiger partial charge in [-0.25, -0.2) is 13.1 Å². The van der Waals surface area contributed by atoms with E-state index in [0.29, 0.717) is 23.3 Å². The van der Waals surface area contributed by atoms with Crippen LogP contribution >= 0.6 is 0 Å². The van der Waals surface area contributed by atoms with Crippen molar-refractivity contribution < 1.29 is 13.2 Å². The SMILES string of the molecule is O=S(=O)(NC1CC1)c1ccc(OCC2CCCN2)cc1. The Morgan fingerprint density at radius 3 is 2.55 bits per heavy atom. The molecule has 20 heavy (non-hydrogen) atoms. The molecule has 110 valence electrons. The lowest BCUT2D eigenvalue weighted by Crippen LogP contribution is -2.28. The van der Waals surface area contributed by atoms with Gasteiger partial charge in [-0.1, -0.05) is 0 Å². The Balaban J connectivity index is 1.58. The standard InChI is InChI=1S/C14H20N2O3S/c17-20(18,16-11-3-4-11)14-7-5-13(6-8-14)19-10-12-2-1-9-15-12/h5-8,11-12,15-16H,1-4,9-10H2. The molecule has 1 saturated heterocycles. The van der Waals surface area contributed by atoms with Crippen LogP contribution < -0.4 is 14.8 Å². The van der Waals surface area contributed by atoms with Crippen LogP contribution in [0.4, 0.5) is 0 Å². The molecule has 1 atom stereocenters. The van der Waals surface area contributed by atoms with Gasteiger partial charge >= 0.3 is 0 Å². The Labute approximate surface area is 119 Å². The molecule has 1 unspecified atom stereocenters. The zero-order valence-electron chi connectivity index (χ0n) is 11.3. The third kappa shape index (κ3) is 3.50. The number of hydrogen-bond donors (Lipinski definition) is 2. The van der Waals surface area contributed by atoms with Crippen LogP contribution in [0.1, 0.15) is 25.7 Å². The molecule has 1 aromatic carbocycles. The van der Waals surface area contributed by atoms with Crippen LogP contribution in [0.15, 0.2) is 29.2 Å². The summed E-state index contributed by atoms with van der Waals surface area (Å²) in [6, 6.07) is 7.18. The van der Waals surface area contributed by atoms with Gasteiger partial charge in [-0.15, -0.1) is 0 Å². The number of sulfonamides is 1. The van der Waals surface area contributed by atoms with E-state index in [-0.39, 0.29) is 6.04 Å². The third-order valence-corrected chi connectivity index (χ3v) is 5.18. The second kappa shape index (κ2) is 5.71. The fraction of sp³-hybridized carbons (Fsp3) is 0.571. The van der Waals surface area contributed by atoms with E-state index in [9.17, 15) is 8.42 Å². The van der Waals surface area contributed by atoms with Crippen molar-refractivity contribution in [3.05, 3.63) is 24.3 Å². The van der Waals surface area contributed by atoms with Crippen molar-refractivity contribution >= 4 is 10.0 Å². The number of ether oxygens (including phenoxy) is 1. The highest BCUT2D eigenvalue weighted by atomic mass is 32.2. The minimum Gasteiger partial charge on any atom is -0.492 e. The fourth-order valence-electron chi connectivity index (χ4n) is 2.30. The normalized spacial score (nSPS) is 22.9. The molecule has 3 rings (SSSR count). The summed E-state index contributed by atoms with van der Waals surface area (Å²) in [5.41, 5.74) is 0. The lowest BCUT2D eigenvalue weighted by atomic mass is 10.2. The van der Waals surface area contributed by atoms with Gasteiger partial charge in [0.1, 0.15) is 12.4 Å². The van der Waals surface area contributed by atoms with Crippen molar-refractivity contribution in [2.24, 2.45) is 0 Å². The molecule has 0 aromatic heterocycles. The van der Waals surface area contributed by atoms with Gasteiger partial charge < -0.3 is 10.1 Å². The van der Waals surface area contributed by atoms with Crippen molar-refractivity contribution in [3.8, 4) is 5.75 Å². The first kappa shape index (κ1) is 13.9. The van der Waals surface area contributed by atoms with Crippen LogP contribution in [-0.4, -0.2) is 33.7 Å². The monoisotopic (exact) mass is 296 g/mol. The van der Waals surface area contributed by atoms with Crippen molar-refractivity contribution in [1.29, 1.82) is 0 Å². The summed E-state index contributed by atoms with van der Waals surface area (Å²) in [4.78, 5) is 0.302. The van der Waals surface area contributed by atoms with E-state index in [1.807, 2.05) is 0 Å². The predicted molar refractivity (Wildman–Crippen MR) is 76.3 cm³/mol. The summed E-state index contributed by atoms with van der Waals surface area (Å²) in [6.45, 7) is 1.68. The maximum absolute atomic E-state index is 12.0. The second-order valence-corrected chi connectivity index (χ2v) is 7.19. The summed E-state index contributed by atoms with van der Waals surface area (Å²) < 4.78 is 32.3. The molecule has 2 N–H and O–H groups in total. The molecule has 5 nitrogen and oxygen atoms in total. The molecular formula is C14H20N2O3S. The Kier molecular flexibility index (Phi) is 3.96. The van der Waals surface area contributed by atoms with Crippen LogP contribution in [0, 0.1) is 0 Å². The average Bonchev–Trinajstić information content (AvgIpc) is 3.08. The van der Waals surface area contributed by atoms with Gasteiger partial charge in [-0.2, -0.15) is 0 Å². The molecule has 6 heteroatoms. The maximum Gasteiger partial charge on any atom is 0.240 e. The molecule has 2 aliphatic rings. The van der Waals surface area contributed by atoms with E-state index in [2.05, 4.69) is 10.0 Å². The molecule has 0 radical (unpaired) electrons. The van der Waals surface area contributed by atoms with Gasteiger partial charge in [-0.3, -0.25) is 0 Å². The molecule has 2 fully saturated rings. The summed E-state index contributed by atoms with van der Waals surface area (Å²) in [6.07, 6.45) is 4.21. The van der Waals surface area contributed by atoms with Gasteiger partial charge in [-0.05, 0) is 56.5 Å². The summed E-state index contributed by atoms with van der Waals surface area (Å²) in [7, 11) is -3.36. The quantitative estimate of drug-likeness (QED) is 0.829. The summed E-state index contributed by atoms with van der Waals surface area (Å²) in [5, 5.41) is 3.36. The third-order valence-electron chi connectivity index (χ3n) is 3.65. The molecule has 1 aliphatic carbocycles. The van der Waals surface area contributed by atoms with Gasteiger partial charge in [0.05, 0.1) is 4.90 Å². The minimum atomic E-state index is -3.36. The molecule has 1 saturated carbocycles. The van der Waals surface area contributed by atoms with Gasteiger partial charge in [0.2, 0.25) is 10.0 Å². The van der Waals surface area contributed by atoms with Crippen LogP contribution in [0.5, 0.6) is 5.75 Å². The number of hydrogen-bond acceptors (Lipinski definition) is 4. The van der Waals surface area contributed by atoms with Crippen molar-refractivity contribution in [2.45, 2.75) is 42.7 Å². The maximum atomic E-state index is 12.0. The minimum absolute atomic E-state index is 0.129. The van der Waals surface area contributed by atoms with E-state index < -0.39 is 10.0 Å². The summed E-state index contributed by atoms with van der Waals surface area (Å²) in [5.74, 6) is 0.712. The highest BCUT2D eigenvalue weighted by Crippen LogP contribution is 2.23. The van der Waals surface area contributed by atoms with Crippen molar-refractivity contribution in [3.63, 3.8) is 0 Å². The highest BCUT2D eigenvalue weighted by Gasteiger charge is 2.27. The van der Waals surface area contributed by atoms with Crippen LogP contribution in [0.25, 0.3) is 0 Å². The number of benzene rings is 1. The van der Waals surface area contributed by atoms with Gasteiger partial charge in [0.15, 0.2) is 0 Å². The van der Waals surface area contributed by atoms with Crippen LogP contribution in [-0.2, 0) is 10.0 Å². The van der Waals surface area contributed by atoms with E-state index >= 15 is 0 Å². The largest absolute Gasteiger partial charge is 0.492 e. The second-order valence-electron chi connectivity index (χ2n) is 5.47. The van der Waals surface area contributed by atoms with Crippen molar-refractivity contribution in [2.75, 3.05) is 13.2 Å². The highest BCUT2D eigenvalue weighted by molar-refractivity contribution is 7.89. The first-order valence-electron chi connectivity index (χ1n) is 7.12. The fourth-order valence-corrected chi connectivity index (χ4v) is 3.60. The molecule has 0 spiro atoms. The van der Waals surface area contributed by atoms with Crippen LogP contribution in [0.3, 0.4) is 0 Å². The Bertz CT molecular complexity index is 546. The van der Waals surface area contributed by atoms with E-state index in [1.54, 1.807) is 24.3 Å². The number of rotatable bonds is 6. The van der Waals surface area contributed by atoms with Crippen LogP contribution in [0.2, 0.25) is 0 Å². The average molecular weight is 296 g/mol. The first-order chi connectivity index (χ1) is 9.63. The van der Waals surface area contributed by atoms with Gasteiger partial charge in [0.25, 0.3) is 0 Å². The van der Waals surface area contributed by atoms with Crippen molar-refractivity contribution in [1.82, 2.24) is 10.0 Å². The number of nitrogens with one attached hydrogen (secondary N) is 2. The summed E-state index contributed by atoms with van der Waals surface area (Å²) >= 11 is 0. The molecular weight excluding hydrogens is 276 g/mol. The topological polar surface area (TPSA) is 67.4 Å². The Hall–Kier alpha value is -1.11. The van der Waals surface area contributed by atoms with E-state index in [1.165, 1.54) is 6.42 Å². The molecule has 0 amide bonds. The van der Waals surface area contributed by atoms with E-state index in [0.717, 1.165) is 25.8 Å². The smallest absolute Gasteiger partial charge is 0.240 e. The lowest BCUT2D eigenvalue weighted by molar-refractivity contribution is 0.277. The Morgan fingerprint density at radius 1 is 1.20 bits per heavy atom. The molecule has 1 aliphatic heterocycles. The molecule has 1 aromatic rings. The first-order valence-corrected chi connectivity index (χ1v) is 8.60. The predicted octanol–water partition coefficient (Wildman–Crippen LogP) is 1.26. The van der Waals surface area contributed by atoms with Gasteiger partial charge in [0, 0.05) is 12.1 Å².